The van der Waals surface area contributed by atoms with Crippen LogP contribution in [0.25, 0.3) is 0 Å². The van der Waals surface area contributed by atoms with Crippen LogP contribution in [-0.4, -0.2) is 7.05 Å². The normalized spacial score (nSPS) is 9.64. The summed E-state index contributed by atoms with van der Waals surface area (Å²) in [5, 5.41) is 2.94. The fourth-order valence-electron chi connectivity index (χ4n) is 1.13. The van der Waals surface area contributed by atoms with Crippen LogP contribution in [0.15, 0.2) is 12.1 Å². The predicted octanol–water partition coefficient (Wildman–Crippen LogP) is 1.20. The summed E-state index contributed by atoms with van der Waals surface area (Å²) >= 11 is 0. The maximum absolute atomic E-state index is 5.69. The van der Waals surface area contributed by atoms with Gasteiger partial charge in [0.05, 0.1) is 17.1 Å². The van der Waals surface area contributed by atoms with Crippen LogP contribution in [0.3, 0.4) is 0 Å². The lowest BCUT2D eigenvalue weighted by Crippen LogP contribution is -2.00. The lowest BCUT2D eigenvalue weighted by Gasteiger charge is -2.08. The minimum Gasteiger partial charge on any atom is -0.397 e. The quantitative estimate of drug-likeness (QED) is 0.528. The Morgan fingerprint density at radius 3 is 2.00 bits per heavy atom. The Balaban J connectivity index is 3.25. The van der Waals surface area contributed by atoms with E-state index in [0.717, 1.165) is 11.3 Å². The van der Waals surface area contributed by atoms with E-state index in [0.29, 0.717) is 11.4 Å². The van der Waals surface area contributed by atoms with Crippen LogP contribution in [0, 0.1) is 6.92 Å². The number of anilines is 3. The van der Waals surface area contributed by atoms with Gasteiger partial charge in [-0.25, -0.2) is 0 Å². The molecule has 3 nitrogen and oxygen atoms in total. The first-order valence-corrected chi connectivity index (χ1v) is 3.48. The lowest BCUT2D eigenvalue weighted by molar-refractivity contribution is 1.44. The highest BCUT2D eigenvalue weighted by Gasteiger charge is 2.01. The van der Waals surface area contributed by atoms with Gasteiger partial charge in [-0.15, -0.1) is 0 Å². The third kappa shape index (κ3) is 1.37. The minimum atomic E-state index is 0.699. The number of hydrogen-bond donors (Lipinski definition) is 3. The molecule has 0 bridgehead atoms. The second-order valence-corrected chi connectivity index (χ2v) is 2.57. The third-order valence-corrected chi connectivity index (χ3v) is 1.59. The molecular formula is C8H13N3. The molecule has 0 heterocycles. The van der Waals surface area contributed by atoms with Gasteiger partial charge in [0.15, 0.2) is 0 Å². The van der Waals surface area contributed by atoms with E-state index in [1.807, 2.05) is 19.1 Å². The molecule has 0 saturated carbocycles. The summed E-state index contributed by atoms with van der Waals surface area (Å²) < 4.78 is 0. The fraction of sp³-hybridized carbons (Fsp3) is 0.250. The van der Waals surface area contributed by atoms with Crippen molar-refractivity contribution in [3.8, 4) is 0 Å². The van der Waals surface area contributed by atoms with Gasteiger partial charge in [-0.2, -0.15) is 0 Å². The first-order chi connectivity index (χ1) is 5.15. The monoisotopic (exact) mass is 151 g/mol. The zero-order valence-electron chi connectivity index (χ0n) is 6.81. The Morgan fingerprint density at radius 2 is 1.64 bits per heavy atom. The summed E-state index contributed by atoms with van der Waals surface area (Å²) in [6.07, 6.45) is 0. The Kier molecular flexibility index (Phi) is 1.89. The van der Waals surface area contributed by atoms with Crippen molar-refractivity contribution in [1.82, 2.24) is 0 Å². The van der Waals surface area contributed by atoms with Gasteiger partial charge in [0.2, 0.25) is 0 Å². The number of nitrogens with one attached hydrogen (secondary N) is 1. The number of nitrogens with two attached hydrogens (primary N) is 2. The van der Waals surface area contributed by atoms with Gasteiger partial charge in [-0.1, -0.05) is 0 Å². The van der Waals surface area contributed by atoms with E-state index in [9.17, 15) is 0 Å². The maximum Gasteiger partial charge on any atom is 0.0804 e. The number of rotatable bonds is 1. The summed E-state index contributed by atoms with van der Waals surface area (Å²) in [7, 11) is 1.80. The van der Waals surface area contributed by atoms with Gasteiger partial charge in [0.25, 0.3) is 0 Å². The van der Waals surface area contributed by atoms with Crippen LogP contribution >= 0.6 is 0 Å². The lowest BCUT2D eigenvalue weighted by atomic mass is 10.1. The van der Waals surface area contributed by atoms with E-state index in [2.05, 4.69) is 5.32 Å². The molecule has 0 aliphatic carbocycles. The zero-order chi connectivity index (χ0) is 8.43. The maximum atomic E-state index is 5.69. The molecule has 1 rings (SSSR count). The average Bonchev–Trinajstić information content (AvgIpc) is 1.85. The number of nitrogen functional groups attached to an aromatic ring is 2. The van der Waals surface area contributed by atoms with E-state index in [4.69, 9.17) is 11.5 Å². The number of benzene rings is 1. The van der Waals surface area contributed by atoms with Gasteiger partial charge < -0.3 is 16.8 Å². The molecule has 0 aliphatic rings. The molecule has 1 aromatic rings. The van der Waals surface area contributed by atoms with E-state index < -0.39 is 0 Å². The molecule has 0 saturated heterocycles. The smallest absolute Gasteiger partial charge is 0.0804 e. The van der Waals surface area contributed by atoms with Crippen molar-refractivity contribution in [3.05, 3.63) is 17.7 Å². The Morgan fingerprint density at radius 1 is 1.18 bits per heavy atom. The molecule has 0 aliphatic heterocycles. The van der Waals surface area contributed by atoms with Crippen LogP contribution in [-0.2, 0) is 0 Å². The van der Waals surface area contributed by atoms with E-state index in [1.165, 1.54) is 0 Å². The molecule has 0 amide bonds. The van der Waals surface area contributed by atoms with Crippen molar-refractivity contribution in [2.24, 2.45) is 0 Å². The largest absolute Gasteiger partial charge is 0.397 e. The highest BCUT2D eigenvalue weighted by atomic mass is 14.9. The average molecular weight is 151 g/mol. The Bertz CT molecular complexity index is 245. The molecule has 0 radical (unpaired) electrons. The van der Waals surface area contributed by atoms with Crippen molar-refractivity contribution in [2.75, 3.05) is 23.8 Å². The molecule has 3 heteroatoms. The van der Waals surface area contributed by atoms with Crippen molar-refractivity contribution < 1.29 is 0 Å². The topological polar surface area (TPSA) is 64.1 Å². The second-order valence-electron chi connectivity index (χ2n) is 2.57. The molecule has 0 fully saturated rings. The van der Waals surface area contributed by atoms with Crippen molar-refractivity contribution in [3.63, 3.8) is 0 Å². The van der Waals surface area contributed by atoms with Gasteiger partial charge >= 0.3 is 0 Å². The van der Waals surface area contributed by atoms with Crippen LogP contribution in [0.2, 0.25) is 0 Å². The van der Waals surface area contributed by atoms with Crippen LogP contribution < -0.4 is 16.8 Å². The molecule has 11 heavy (non-hydrogen) atoms. The Labute approximate surface area is 66.4 Å². The first-order valence-electron chi connectivity index (χ1n) is 3.48. The summed E-state index contributed by atoms with van der Waals surface area (Å²) in [5.74, 6) is 0. The second kappa shape index (κ2) is 2.70. The molecule has 0 unspecified atom stereocenters. The van der Waals surface area contributed by atoms with Crippen LogP contribution in [0.5, 0.6) is 0 Å². The molecule has 0 atom stereocenters. The van der Waals surface area contributed by atoms with Crippen molar-refractivity contribution in [2.45, 2.75) is 6.92 Å². The standard InChI is InChI=1S/C8H13N3/c1-5-3-6(9)8(11-2)7(10)4-5/h3-4,11H,9-10H2,1-2H3. The van der Waals surface area contributed by atoms with Gasteiger partial charge in [-0.05, 0) is 24.6 Å². The Hall–Kier alpha value is -1.38. The minimum absolute atomic E-state index is 0.699. The van der Waals surface area contributed by atoms with Crippen LogP contribution in [0.4, 0.5) is 17.1 Å². The molecule has 1 aromatic carbocycles. The number of aryl methyl sites for hydroxylation is 1. The summed E-state index contributed by atoms with van der Waals surface area (Å²) in [6, 6.07) is 3.78. The van der Waals surface area contributed by atoms with Gasteiger partial charge in [0, 0.05) is 7.05 Å². The molecule has 0 spiro atoms. The summed E-state index contributed by atoms with van der Waals surface area (Å²) in [5.41, 5.74) is 14.7. The summed E-state index contributed by atoms with van der Waals surface area (Å²) in [4.78, 5) is 0. The SMILES string of the molecule is CNc1c(N)cc(C)cc1N. The van der Waals surface area contributed by atoms with E-state index in [1.54, 1.807) is 7.05 Å². The highest BCUT2D eigenvalue weighted by molar-refractivity contribution is 5.80. The molecule has 5 N–H and O–H groups in total. The zero-order valence-corrected chi connectivity index (χ0v) is 6.81. The molecular weight excluding hydrogens is 138 g/mol. The summed E-state index contributed by atoms with van der Waals surface area (Å²) in [6.45, 7) is 1.96. The predicted molar refractivity (Wildman–Crippen MR) is 49.6 cm³/mol. The highest BCUT2D eigenvalue weighted by Crippen LogP contribution is 2.26. The third-order valence-electron chi connectivity index (χ3n) is 1.59. The van der Waals surface area contributed by atoms with Crippen molar-refractivity contribution >= 4 is 17.1 Å². The van der Waals surface area contributed by atoms with Gasteiger partial charge in [0.1, 0.15) is 0 Å². The first kappa shape index (κ1) is 7.72. The molecule has 60 valence electrons. The molecule has 0 aromatic heterocycles. The number of hydrogen-bond acceptors (Lipinski definition) is 3. The van der Waals surface area contributed by atoms with Gasteiger partial charge in [-0.3, -0.25) is 0 Å². The van der Waals surface area contributed by atoms with E-state index >= 15 is 0 Å². The van der Waals surface area contributed by atoms with E-state index in [-0.39, 0.29) is 0 Å². The van der Waals surface area contributed by atoms with Crippen LogP contribution in [0.1, 0.15) is 5.56 Å². The fourth-order valence-corrected chi connectivity index (χ4v) is 1.13. The van der Waals surface area contributed by atoms with Crippen molar-refractivity contribution in [1.29, 1.82) is 0 Å².